The Labute approximate surface area is 166 Å². The van der Waals surface area contributed by atoms with Crippen LogP contribution in [0.5, 0.6) is 5.75 Å². The minimum Gasteiger partial charge on any atom is -0.492 e. The van der Waals surface area contributed by atoms with Crippen LogP contribution >= 0.6 is 0 Å². The molecule has 3 saturated heterocycles. The van der Waals surface area contributed by atoms with Gasteiger partial charge in [0.15, 0.2) is 0 Å². The third-order valence-electron chi connectivity index (χ3n) is 6.36. The Kier molecular flexibility index (Phi) is 5.87. The number of aliphatic carboxylic acids is 1. The molecule has 1 aromatic carbocycles. The summed E-state index contributed by atoms with van der Waals surface area (Å²) in [5.74, 6) is 0.449. The highest BCUT2D eigenvalue weighted by Gasteiger charge is 2.56. The van der Waals surface area contributed by atoms with Crippen molar-refractivity contribution in [1.82, 2.24) is 14.7 Å². The molecule has 1 aromatic rings. The number of hydrogen-bond acceptors (Lipinski definition) is 6. The molecule has 2 atom stereocenters. The summed E-state index contributed by atoms with van der Waals surface area (Å²) in [6.45, 7) is 8.90. The average Bonchev–Trinajstić information content (AvgIpc) is 3.16. The van der Waals surface area contributed by atoms with Crippen molar-refractivity contribution in [3.63, 3.8) is 0 Å². The first-order valence-corrected chi connectivity index (χ1v) is 10.2. The molecule has 7 heteroatoms. The Bertz CT molecular complexity index is 694. The molecule has 3 aliphatic rings. The second-order valence-corrected chi connectivity index (χ2v) is 8.47. The quantitative estimate of drug-likeness (QED) is 0.742. The normalized spacial score (nSPS) is 29.1. The van der Waals surface area contributed by atoms with Crippen molar-refractivity contribution < 1.29 is 19.4 Å². The molecule has 0 aromatic heterocycles. The molecule has 0 saturated carbocycles. The zero-order valence-electron chi connectivity index (χ0n) is 16.7. The first-order chi connectivity index (χ1) is 13.5. The number of carboxylic acid groups (broad SMARTS) is 1. The van der Waals surface area contributed by atoms with E-state index in [9.17, 15) is 9.90 Å². The Balaban J connectivity index is 1.31. The van der Waals surface area contributed by atoms with E-state index in [1.807, 2.05) is 19.2 Å². The molecular weight excluding hydrogens is 358 g/mol. The molecule has 0 bridgehead atoms. The van der Waals surface area contributed by atoms with E-state index in [1.165, 1.54) is 5.56 Å². The monoisotopic (exact) mass is 389 g/mol. The number of ether oxygens (including phenoxy) is 2. The van der Waals surface area contributed by atoms with Gasteiger partial charge in [-0.25, -0.2) is 0 Å². The number of morpholine rings is 1. The number of benzene rings is 1. The van der Waals surface area contributed by atoms with Gasteiger partial charge in [0, 0.05) is 58.3 Å². The van der Waals surface area contributed by atoms with Crippen LogP contribution in [0.4, 0.5) is 0 Å². The van der Waals surface area contributed by atoms with E-state index in [-0.39, 0.29) is 5.92 Å². The molecule has 154 valence electrons. The fourth-order valence-electron chi connectivity index (χ4n) is 4.95. The van der Waals surface area contributed by atoms with Crippen LogP contribution in [0.2, 0.25) is 0 Å². The largest absolute Gasteiger partial charge is 0.492 e. The molecule has 0 unspecified atom stereocenters. The number of rotatable bonds is 7. The number of nitrogens with zero attached hydrogens (tertiary/aromatic N) is 3. The summed E-state index contributed by atoms with van der Waals surface area (Å²) in [4.78, 5) is 18.8. The van der Waals surface area contributed by atoms with Crippen molar-refractivity contribution in [1.29, 1.82) is 0 Å². The molecule has 0 amide bonds. The van der Waals surface area contributed by atoms with E-state index in [1.54, 1.807) is 0 Å². The summed E-state index contributed by atoms with van der Waals surface area (Å²) >= 11 is 0. The van der Waals surface area contributed by atoms with Gasteiger partial charge < -0.3 is 19.5 Å². The highest BCUT2D eigenvalue weighted by atomic mass is 16.5. The summed E-state index contributed by atoms with van der Waals surface area (Å²) in [5, 5.41) is 9.84. The molecule has 0 aliphatic carbocycles. The molecule has 0 radical (unpaired) electrons. The van der Waals surface area contributed by atoms with Crippen molar-refractivity contribution in [3.8, 4) is 5.75 Å². The maximum Gasteiger partial charge on any atom is 0.312 e. The Morgan fingerprint density at radius 3 is 2.82 bits per heavy atom. The summed E-state index contributed by atoms with van der Waals surface area (Å²) in [7, 11) is 2.02. The number of carbonyl (C=O) groups is 1. The molecule has 7 nitrogen and oxygen atoms in total. The van der Waals surface area contributed by atoms with Crippen LogP contribution in [0.3, 0.4) is 0 Å². The van der Waals surface area contributed by atoms with Gasteiger partial charge >= 0.3 is 5.97 Å². The van der Waals surface area contributed by atoms with Gasteiger partial charge in [0.05, 0.1) is 18.6 Å². The lowest BCUT2D eigenvalue weighted by Crippen LogP contribution is -2.40. The summed E-state index contributed by atoms with van der Waals surface area (Å²) in [6, 6.07) is 8.21. The predicted molar refractivity (Wildman–Crippen MR) is 106 cm³/mol. The van der Waals surface area contributed by atoms with Crippen LogP contribution in [-0.4, -0.2) is 98.5 Å². The summed E-state index contributed by atoms with van der Waals surface area (Å²) in [6.07, 6.45) is 0. The van der Waals surface area contributed by atoms with E-state index >= 15 is 0 Å². The van der Waals surface area contributed by atoms with Crippen molar-refractivity contribution in [3.05, 3.63) is 29.8 Å². The van der Waals surface area contributed by atoms with Gasteiger partial charge in [0.2, 0.25) is 0 Å². The van der Waals surface area contributed by atoms with Crippen LogP contribution in [0, 0.1) is 11.3 Å². The van der Waals surface area contributed by atoms with Gasteiger partial charge in [-0.2, -0.15) is 0 Å². The molecule has 3 heterocycles. The van der Waals surface area contributed by atoms with Crippen molar-refractivity contribution >= 4 is 5.97 Å². The SMILES string of the molecule is CN1C[C@H]2CN(Cc3cccc(OCCN4CCOCC4)c3)C[C@@]2(C(=O)O)C1. The van der Waals surface area contributed by atoms with E-state index in [2.05, 4.69) is 26.8 Å². The maximum atomic E-state index is 12.0. The zero-order valence-corrected chi connectivity index (χ0v) is 16.7. The molecule has 3 fully saturated rings. The van der Waals surface area contributed by atoms with Gasteiger partial charge in [-0.3, -0.25) is 14.6 Å². The molecule has 1 N–H and O–H groups in total. The van der Waals surface area contributed by atoms with Crippen LogP contribution in [-0.2, 0) is 16.1 Å². The van der Waals surface area contributed by atoms with Gasteiger partial charge in [-0.15, -0.1) is 0 Å². The van der Waals surface area contributed by atoms with Crippen molar-refractivity contribution in [2.45, 2.75) is 6.54 Å². The van der Waals surface area contributed by atoms with Crippen LogP contribution in [0.25, 0.3) is 0 Å². The average molecular weight is 389 g/mol. The van der Waals surface area contributed by atoms with E-state index < -0.39 is 11.4 Å². The lowest BCUT2D eigenvalue weighted by atomic mass is 9.81. The number of carboxylic acids is 1. The smallest absolute Gasteiger partial charge is 0.312 e. The van der Waals surface area contributed by atoms with Gasteiger partial charge in [0.25, 0.3) is 0 Å². The van der Waals surface area contributed by atoms with Crippen LogP contribution < -0.4 is 4.74 Å². The molecular formula is C21H31N3O4. The molecule has 4 rings (SSSR count). The fourth-order valence-corrected chi connectivity index (χ4v) is 4.95. The van der Waals surface area contributed by atoms with Gasteiger partial charge in [0.1, 0.15) is 12.4 Å². The van der Waals surface area contributed by atoms with E-state index in [0.717, 1.165) is 58.2 Å². The summed E-state index contributed by atoms with van der Waals surface area (Å²) in [5.41, 5.74) is 0.568. The van der Waals surface area contributed by atoms with E-state index in [0.29, 0.717) is 19.7 Å². The first kappa shape index (κ1) is 19.6. The minimum absolute atomic E-state index is 0.211. The Morgan fingerprint density at radius 2 is 2.07 bits per heavy atom. The lowest BCUT2D eigenvalue weighted by molar-refractivity contribution is -0.148. The highest BCUT2D eigenvalue weighted by molar-refractivity contribution is 5.77. The number of likely N-dealkylation sites (tertiary alicyclic amines) is 2. The fraction of sp³-hybridized carbons (Fsp3) is 0.667. The standard InChI is InChI=1S/C21H31N3O4/c1-22-13-18-14-24(16-21(18,15-22)20(25)26)12-17-3-2-4-19(11-17)28-10-7-23-5-8-27-9-6-23/h2-4,11,18H,5-10,12-16H2,1H3,(H,25,26)/t18-,21-/m0/s1. The highest BCUT2D eigenvalue weighted by Crippen LogP contribution is 2.42. The van der Waals surface area contributed by atoms with Crippen molar-refractivity contribution in [2.24, 2.45) is 11.3 Å². The number of fused-ring (bicyclic) bond motifs is 1. The minimum atomic E-state index is -0.649. The van der Waals surface area contributed by atoms with Crippen molar-refractivity contribution in [2.75, 3.05) is 72.7 Å². The maximum absolute atomic E-state index is 12.0. The second-order valence-electron chi connectivity index (χ2n) is 8.47. The van der Waals surface area contributed by atoms with Gasteiger partial charge in [-0.05, 0) is 24.7 Å². The number of hydrogen-bond donors (Lipinski definition) is 1. The molecule has 28 heavy (non-hydrogen) atoms. The third-order valence-corrected chi connectivity index (χ3v) is 6.36. The van der Waals surface area contributed by atoms with Crippen LogP contribution in [0.1, 0.15) is 5.56 Å². The van der Waals surface area contributed by atoms with Gasteiger partial charge in [-0.1, -0.05) is 12.1 Å². The second kappa shape index (κ2) is 8.37. The molecule has 3 aliphatic heterocycles. The molecule has 0 spiro atoms. The Hall–Kier alpha value is -1.67. The van der Waals surface area contributed by atoms with Crippen LogP contribution in [0.15, 0.2) is 24.3 Å². The lowest BCUT2D eigenvalue weighted by Gasteiger charge is -2.26. The Morgan fingerprint density at radius 1 is 1.25 bits per heavy atom. The zero-order chi connectivity index (χ0) is 19.6. The topological polar surface area (TPSA) is 65.5 Å². The van der Waals surface area contributed by atoms with E-state index in [4.69, 9.17) is 9.47 Å². The summed E-state index contributed by atoms with van der Waals surface area (Å²) < 4.78 is 11.3. The predicted octanol–water partition coefficient (Wildman–Crippen LogP) is 0.846. The third kappa shape index (κ3) is 4.17. The first-order valence-electron chi connectivity index (χ1n) is 10.2.